The summed E-state index contributed by atoms with van der Waals surface area (Å²) in [7, 11) is 0. The number of aryl methyl sites for hydroxylation is 1. The third-order valence-electron chi connectivity index (χ3n) is 5.05. The molecule has 0 spiro atoms. The molecule has 1 aromatic heterocycles. The van der Waals surface area contributed by atoms with Crippen LogP contribution in [0.25, 0.3) is 0 Å². The second kappa shape index (κ2) is 6.19. The summed E-state index contributed by atoms with van der Waals surface area (Å²) in [5.74, 6) is 0.870. The molecule has 0 saturated carbocycles. The Hall–Kier alpha value is -1.34. The molecule has 3 heterocycles. The first-order valence-electron chi connectivity index (χ1n) is 8.73. The van der Waals surface area contributed by atoms with Crippen LogP contribution in [-0.2, 0) is 22.4 Å². The second-order valence-corrected chi connectivity index (χ2v) is 8.06. The van der Waals surface area contributed by atoms with Crippen LogP contribution in [0.4, 0.5) is 0 Å². The van der Waals surface area contributed by atoms with E-state index in [1.165, 1.54) is 0 Å². The predicted octanol–water partition coefficient (Wildman–Crippen LogP) is 1.40. The number of hydrogen-bond donors (Lipinski definition) is 0. The Morgan fingerprint density at radius 1 is 1.29 bits per heavy atom. The molecular formula is C17H23N3O3S. The van der Waals surface area contributed by atoms with E-state index in [-0.39, 0.29) is 29.7 Å². The third kappa shape index (κ3) is 2.77. The van der Waals surface area contributed by atoms with Gasteiger partial charge in [0.1, 0.15) is 0 Å². The molecule has 6 nitrogen and oxygen atoms in total. The van der Waals surface area contributed by atoms with E-state index < -0.39 is 0 Å². The van der Waals surface area contributed by atoms with Crippen molar-refractivity contribution < 1.29 is 9.53 Å². The van der Waals surface area contributed by atoms with Crippen molar-refractivity contribution in [3.63, 3.8) is 0 Å². The fourth-order valence-corrected chi connectivity index (χ4v) is 5.17. The maximum absolute atomic E-state index is 12.8. The monoisotopic (exact) mass is 349 g/mol. The number of nitrogens with zero attached hydrogens (tertiary/aromatic N) is 3. The van der Waals surface area contributed by atoms with Gasteiger partial charge >= 0.3 is 0 Å². The number of fused-ring (bicyclic) bond motifs is 2. The maximum Gasteiger partial charge on any atom is 0.257 e. The summed E-state index contributed by atoms with van der Waals surface area (Å²) < 4.78 is 7.48. The first-order valence-corrected chi connectivity index (χ1v) is 9.72. The van der Waals surface area contributed by atoms with Crippen molar-refractivity contribution in [3.8, 4) is 0 Å². The molecule has 1 fully saturated rings. The summed E-state index contributed by atoms with van der Waals surface area (Å²) in [6, 6.07) is -0.0724. The van der Waals surface area contributed by atoms with Crippen LogP contribution in [0, 0.1) is 0 Å². The van der Waals surface area contributed by atoms with Gasteiger partial charge in [-0.2, -0.15) is 0 Å². The van der Waals surface area contributed by atoms with Crippen molar-refractivity contribution in [2.75, 3.05) is 18.8 Å². The Balaban J connectivity index is 1.54. The van der Waals surface area contributed by atoms with E-state index in [0.29, 0.717) is 19.5 Å². The van der Waals surface area contributed by atoms with Crippen molar-refractivity contribution in [2.45, 2.75) is 62.9 Å². The second-order valence-electron chi connectivity index (χ2n) is 7.07. The highest BCUT2D eigenvalue weighted by Gasteiger charge is 2.33. The van der Waals surface area contributed by atoms with Crippen LogP contribution in [0.3, 0.4) is 0 Å². The first-order chi connectivity index (χ1) is 11.5. The van der Waals surface area contributed by atoms with Gasteiger partial charge in [0.2, 0.25) is 5.91 Å². The molecule has 0 radical (unpaired) electrons. The van der Waals surface area contributed by atoms with Crippen molar-refractivity contribution in [1.29, 1.82) is 0 Å². The number of aromatic nitrogens is 2. The molecule has 3 aliphatic rings. The molecule has 1 aromatic rings. The molecule has 3 atom stereocenters. The fourth-order valence-electron chi connectivity index (χ4n) is 4.01. The van der Waals surface area contributed by atoms with Gasteiger partial charge in [-0.1, -0.05) is 11.8 Å². The molecule has 1 amide bonds. The van der Waals surface area contributed by atoms with Crippen LogP contribution < -0.4 is 5.56 Å². The maximum atomic E-state index is 12.8. The minimum absolute atomic E-state index is 0.0654. The van der Waals surface area contributed by atoms with Gasteiger partial charge < -0.3 is 9.64 Å². The average Bonchev–Trinajstić information content (AvgIpc) is 3.14. The molecule has 3 unspecified atom stereocenters. The standard InChI is InChI=1S/C17H23N3O3S/c1-10-7-19(8-11(2)23-10)15(21)6-12-9-24-17-18-14-5-3-4-13(14)16(22)20(12)17/h10-12H,3-9H2,1-2H3. The van der Waals surface area contributed by atoms with E-state index in [2.05, 4.69) is 4.98 Å². The highest BCUT2D eigenvalue weighted by molar-refractivity contribution is 7.99. The summed E-state index contributed by atoms with van der Waals surface area (Å²) in [6.45, 7) is 5.25. The zero-order chi connectivity index (χ0) is 16.8. The van der Waals surface area contributed by atoms with Crippen LogP contribution in [0.5, 0.6) is 0 Å². The van der Waals surface area contributed by atoms with Gasteiger partial charge in [-0.15, -0.1) is 0 Å². The summed E-state index contributed by atoms with van der Waals surface area (Å²) >= 11 is 1.60. The number of rotatable bonds is 2. The summed E-state index contributed by atoms with van der Waals surface area (Å²) in [6.07, 6.45) is 3.25. The van der Waals surface area contributed by atoms with Gasteiger partial charge in [-0.25, -0.2) is 4.98 Å². The van der Waals surface area contributed by atoms with E-state index in [9.17, 15) is 9.59 Å². The Labute approximate surface area is 145 Å². The molecule has 1 aliphatic carbocycles. The smallest absolute Gasteiger partial charge is 0.257 e. The average molecular weight is 349 g/mol. The summed E-state index contributed by atoms with van der Waals surface area (Å²) in [4.78, 5) is 32.1. The molecule has 24 heavy (non-hydrogen) atoms. The molecule has 0 aromatic carbocycles. The first kappa shape index (κ1) is 16.1. The zero-order valence-electron chi connectivity index (χ0n) is 14.2. The van der Waals surface area contributed by atoms with Crippen LogP contribution in [0.2, 0.25) is 0 Å². The Bertz CT molecular complexity index is 723. The van der Waals surface area contributed by atoms with Crippen LogP contribution in [-0.4, -0.2) is 51.4 Å². The van der Waals surface area contributed by atoms with Crippen LogP contribution in [0.15, 0.2) is 9.95 Å². The lowest BCUT2D eigenvalue weighted by molar-refractivity contribution is -0.143. The zero-order valence-corrected chi connectivity index (χ0v) is 15.0. The quantitative estimate of drug-likeness (QED) is 0.755. The van der Waals surface area contributed by atoms with Gasteiger partial charge in [-0.3, -0.25) is 14.2 Å². The van der Waals surface area contributed by atoms with Crippen LogP contribution in [0.1, 0.15) is 44.0 Å². The number of ether oxygens (including phenoxy) is 1. The number of thioether (sulfide) groups is 1. The molecular weight excluding hydrogens is 326 g/mol. The van der Waals surface area contributed by atoms with Crippen molar-refractivity contribution in [2.24, 2.45) is 0 Å². The number of morpholine rings is 1. The van der Waals surface area contributed by atoms with Gasteiger partial charge in [0.25, 0.3) is 5.56 Å². The predicted molar refractivity (Wildman–Crippen MR) is 91.5 cm³/mol. The van der Waals surface area contributed by atoms with Crippen LogP contribution >= 0.6 is 11.8 Å². The van der Waals surface area contributed by atoms with Gasteiger partial charge in [-0.05, 0) is 33.1 Å². The number of carbonyl (C=O) groups excluding carboxylic acids is 1. The van der Waals surface area contributed by atoms with Crippen molar-refractivity contribution in [1.82, 2.24) is 14.5 Å². The van der Waals surface area contributed by atoms with Crippen molar-refractivity contribution in [3.05, 3.63) is 21.6 Å². The van der Waals surface area contributed by atoms with Crippen molar-refractivity contribution >= 4 is 17.7 Å². The number of carbonyl (C=O) groups is 1. The fraction of sp³-hybridized carbons (Fsp3) is 0.706. The van der Waals surface area contributed by atoms with E-state index in [4.69, 9.17) is 4.74 Å². The van der Waals surface area contributed by atoms with E-state index in [1.807, 2.05) is 18.7 Å². The molecule has 1 saturated heterocycles. The van der Waals surface area contributed by atoms with E-state index in [0.717, 1.165) is 41.4 Å². The highest BCUT2D eigenvalue weighted by Crippen LogP contribution is 2.34. The lowest BCUT2D eigenvalue weighted by Gasteiger charge is -2.35. The normalized spacial score (nSPS) is 28.8. The van der Waals surface area contributed by atoms with Gasteiger partial charge in [0.05, 0.1) is 23.9 Å². The summed E-state index contributed by atoms with van der Waals surface area (Å²) in [5, 5.41) is 0.794. The molecule has 130 valence electrons. The lowest BCUT2D eigenvalue weighted by Crippen LogP contribution is -2.48. The van der Waals surface area contributed by atoms with Gasteiger partial charge in [0.15, 0.2) is 5.16 Å². The number of amides is 1. The topological polar surface area (TPSA) is 64.4 Å². The Kier molecular flexibility index (Phi) is 4.16. The molecule has 4 rings (SSSR count). The van der Waals surface area contributed by atoms with E-state index in [1.54, 1.807) is 16.3 Å². The largest absolute Gasteiger partial charge is 0.372 e. The Morgan fingerprint density at radius 3 is 2.79 bits per heavy atom. The Morgan fingerprint density at radius 2 is 2.04 bits per heavy atom. The van der Waals surface area contributed by atoms with Gasteiger partial charge in [0, 0.05) is 30.8 Å². The molecule has 0 N–H and O–H groups in total. The number of hydrogen-bond acceptors (Lipinski definition) is 5. The highest BCUT2D eigenvalue weighted by atomic mass is 32.2. The minimum atomic E-state index is -0.0724. The third-order valence-corrected chi connectivity index (χ3v) is 6.15. The van der Waals surface area contributed by atoms with E-state index >= 15 is 0 Å². The minimum Gasteiger partial charge on any atom is -0.372 e. The molecule has 7 heteroatoms. The summed E-state index contributed by atoms with van der Waals surface area (Å²) in [5.41, 5.74) is 1.92. The molecule has 2 aliphatic heterocycles. The molecule has 0 bridgehead atoms. The SMILES string of the molecule is CC1CN(C(=O)CC2CSc3nc4c(c(=O)n32)CCC4)CC(C)O1. The lowest BCUT2D eigenvalue weighted by atomic mass is 10.1.